The van der Waals surface area contributed by atoms with E-state index < -0.39 is 0 Å². The number of benzene rings is 1. The van der Waals surface area contributed by atoms with Gasteiger partial charge in [-0.05, 0) is 25.5 Å². The summed E-state index contributed by atoms with van der Waals surface area (Å²) in [4.78, 5) is 0. The highest BCUT2D eigenvalue weighted by atomic mass is 15.0. The van der Waals surface area contributed by atoms with E-state index in [0.29, 0.717) is 6.42 Å². The fourth-order valence-corrected chi connectivity index (χ4v) is 2.14. The van der Waals surface area contributed by atoms with E-state index in [2.05, 4.69) is 49.4 Å². The fourth-order valence-electron chi connectivity index (χ4n) is 2.14. The Balaban J connectivity index is 2.45. The second-order valence-electron chi connectivity index (χ2n) is 4.30. The Kier molecular flexibility index (Phi) is 2.28. The second-order valence-corrected chi connectivity index (χ2v) is 4.30. The molecular weight excluding hydrogens is 182 g/mol. The van der Waals surface area contributed by atoms with Gasteiger partial charge in [0, 0.05) is 17.7 Å². The van der Waals surface area contributed by atoms with E-state index in [0.717, 1.165) is 0 Å². The Morgan fingerprint density at radius 1 is 1.40 bits per heavy atom. The predicted molar refractivity (Wildman–Crippen MR) is 65.6 cm³/mol. The van der Waals surface area contributed by atoms with E-state index in [4.69, 9.17) is 6.42 Å². The maximum Gasteiger partial charge on any atom is 0.0642 e. The lowest BCUT2D eigenvalue weighted by molar-refractivity contribution is 0.653. The molecule has 1 aromatic carbocycles. The molecule has 0 fully saturated rings. The molecule has 0 saturated heterocycles. The molecule has 0 bridgehead atoms. The van der Waals surface area contributed by atoms with Crippen LogP contribution in [-0.2, 0) is 0 Å². The summed E-state index contributed by atoms with van der Waals surface area (Å²) in [6, 6.07) is 8.33. The molecule has 0 amide bonds. The first kappa shape index (κ1) is 9.86. The largest absolute Gasteiger partial charge is 0.375 e. The normalized spacial score (nSPS) is 23.4. The summed E-state index contributed by atoms with van der Waals surface area (Å²) in [7, 11) is 0. The Morgan fingerprint density at radius 2 is 2.13 bits per heavy atom. The smallest absolute Gasteiger partial charge is 0.0642 e. The summed E-state index contributed by atoms with van der Waals surface area (Å²) >= 11 is 0. The maximum absolute atomic E-state index is 5.39. The van der Waals surface area contributed by atoms with Crippen molar-refractivity contribution in [2.24, 2.45) is 0 Å². The lowest BCUT2D eigenvalue weighted by atomic mass is 9.88. The van der Waals surface area contributed by atoms with Crippen LogP contribution < -0.4 is 5.32 Å². The van der Waals surface area contributed by atoms with Crippen molar-refractivity contribution >= 4 is 11.3 Å². The number of anilines is 1. The van der Waals surface area contributed by atoms with Gasteiger partial charge >= 0.3 is 0 Å². The molecule has 1 unspecified atom stereocenters. The Morgan fingerprint density at radius 3 is 2.87 bits per heavy atom. The minimum absolute atomic E-state index is 0.104. The van der Waals surface area contributed by atoms with Gasteiger partial charge in [-0.2, -0.15) is 0 Å². The predicted octanol–water partition coefficient (Wildman–Crippen LogP) is 3.30. The summed E-state index contributed by atoms with van der Waals surface area (Å²) in [6.07, 6.45) is 8.32. The molecule has 1 heterocycles. The van der Waals surface area contributed by atoms with Crippen molar-refractivity contribution in [1.29, 1.82) is 0 Å². The van der Waals surface area contributed by atoms with Crippen LogP contribution in [0.15, 0.2) is 30.3 Å². The van der Waals surface area contributed by atoms with Gasteiger partial charge in [0.05, 0.1) is 5.54 Å². The topological polar surface area (TPSA) is 12.0 Å². The number of terminal acetylenes is 1. The molecule has 0 radical (unpaired) electrons. The highest BCUT2D eigenvalue weighted by Gasteiger charge is 2.25. The first-order valence-corrected chi connectivity index (χ1v) is 5.15. The van der Waals surface area contributed by atoms with Crippen molar-refractivity contribution in [2.75, 3.05) is 5.32 Å². The molecule has 2 rings (SSSR count). The van der Waals surface area contributed by atoms with Crippen LogP contribution in [0.1, 0.15) is 25.8 Å². The van der Waals surface area contributed by atoms with Crippen LogP contribution in [0, 0.1) is 12.3 Å². The maximum atomic E-state index is 5.39. The third-order valence-corrected chi connectivity index (χ3v) is 2.78. The number of fused-ring (bicyclic) bond motifs is 1. The Bertz CT molecular complexity index is 451. The van der Waals surface area contributed by atoms with Crippen molar-refractivity contribution in [1.82, 2.24) is 0 Å². The van der Waals surface area contributed by atoms with Crippen LogP contribution in [0.4, 0.5) is 5.69 Å². The lowest BCUT2D eigenvalue weighted by Gasteiger charge is -2.33. The highest BCUT2D eigenvalue weighted by Crippen LogP contribution is 2.34. The van der Waals surface area contributed by atoms with Gasteiger partial charge in [0.25, 0.3) is 0 Å². The molecule has 1 N–H and O–H groups in total. The quantitative estimate of drug-likeness (QED) is 0.681. The lowest BCUT2D eigenvalue weighted by Crippen LogP contribution is -2.34. The monoisotopic (exact) mass is 197 g/mol. The molecule has 1 aromatic rings. The van der Waals surface area contributed by atoms with Crippen molar-refractivity contribution in [3.8, 4) is 12.3 Å². The van der Waals surface area contributed by atoms with Gasteiger partial charge in [0.1, 0.15) is 0 Å². The average molecular weight is 197 g/mol. The van der Waals surface area contributed by atoms with Gasteiger partial charge in [0.2, 0.25) is 0 Å². The zero-order chi connectivity index (χ0) is 10.9. The van der Waals surface area contributed by atoms with E-state index in [1.54, 1.807) is 0 Å². The van der Waals surface area contributed by atoms with Gasteiger partial charge in [-0.1, -0.05) is 24.3 Å². The second kappa shape index (κ2) is 3.47. The van der Waals surface area contributed by atoms with E-state index in [-0.39, 0.29) is 5.54 Å². The number of para-hydroxylation sites is 1. The molecular formula is C14H15N. The Labute approximate surface area is 91.2 Å². The van der Waals surface area contributed by atoms with Crippen LogP contribution in [0.3, 0.4) is 0 Å². The van der Waals surface area contributed by atoms with E-state index in [1.165, 1.54) is 16.8 Å². The van der Waals surface area contributed by atoms with Gasteiger partial charge in [-0.25, -0.2) is 0 Å². The minimum Gasteiger partial charge on any atom is -0.375 e. The van der Waals surface area contributed by atoms with Gasteiger partial charge in [-0.15, -0.1) is 12.3 Å². The van der Waals surface area contributed by atoms with Gasteiger partial charge in [0.15, 0.2) is 0 Å². The first-order chi connectivity index (χ1) is 7.14. The molecule has 0 aromatic heterocycles. The zero-order valence-electron chi connectivity index (χ0n) is 9.17. The van der Waals surface area contributed by atoms with E-state index in [1.807, 2.05) is 6.07 Å². The van der Waals surface area contributed by atoms with Crippen LogP contribution in [0.2, 0.25) is 0 Å². The fraction of sp³-hybridized carbons (Fsp3) is 0.286. The average Bonchev–Trinajstić information content (AvgIpc) is 2.17. The molecule has 1 atom stereocenters. The minimum atomic E-state index is -0.104. The molecule has 0 spiro atoms. The molecule has 1 nitrogen and oxygen atoms in total. The van der Waals surface area contributed by atoms with Gasteiger partial charge in [-0.3, -0.25) is 0 Å². The zero-order valence-corrected chi connectivity index (χ0v) is 9.17. The summed E-state index contributed by atoms with van der Waals surface area (Å²) in [5.41, 5.74) is 3.64. The van der Waals surface area contributed by atoms with E-state index >= 15 is 0 Å². The molecule has 76 valence electrons. The van der Waals surface area contributed by atoms with Crippen LogP contribution >= 0.6 is 0 Å². The third kappa shape index (κ3) is 1.76. The number of allylic oxidation sites excluding steroid dienone is 1. The SMILES string of the molecule is C#CCC1(C)C=C(C)c2ccccc2N1. The standard InChI is InChI=1S/C14H15N/c1-4-9-14(3)10-11(2)12-7-5-6-8-13(12)15-14/h1,5-8,10,15H,9H2,2-3H3. The summed E-state index contributed by atoms with van der Waals surface area (Å²) in [5, 5.41) is 3.49. The van der Waals surface area contributed by atoms with E-state index in [9.17, 15) is 0 Å². The van der Waals surface area contributed by atoms with Crippen molar-refractivity contribution < 1.29 is 0 Å². The molecule has 0 saturated carbocycles. The summed E-state index contributed by atoms with van der Waals surface area (Å²) in [6.45, 7) is 4.26. The number of rotatable bonds is 1. The van der Waals surface area contributed by atoms with Crippen LogP contribution in [0.25, 0.3) is 5.57 Å². The summed E-state index contributed by atoms with van der Waals surface area (Å²) < 4.78 is 0. The van der Waals surface area contributed by atoms with Crippen molar-refractivity contribution in [3.63, 3.8) is 0 Å². The van der Waals surface area contributed by atoms with Crippen LogP contribution in [-0.4, -0.2) is 5.54 Å². The van der Waals surface area contributed by atoms with Crippen molar-refractivity contribution in [2.45, 2.75) is 25.8 Å². The molecule has 1 aliphatic heterocycles. The number of nitrogens with one attached hydrogen (secondary N) is 1. The molecule has 0 aliphatic carbocycles. The first-order valence-electron chi connectivity index (χ1n) is 5.15. The number of hydrogen-bond acceptors (Lipinski definition) is 1. The van der Waals surface area contributed by atoms with Gasteiger partial charge < -0.3 is 5.32 Å². The summed E-state index contributed by atoms with van der Waals surface area (Å²) in [5.74, 6) is 2.72. The molecule has 1 aliphatic rings. The third-order valence-electron chi connectivity index (χ3n) is 2.78. The number of hydrogen-bond donors (Lipinski definition) is 1. The Hall–Kier alpha value is -1.68. The highest BCUT2D eigenvalue weighted by molar-refractivity contribution is 5.80. The van der Waals surface area contributed by atoms with Crippen molar-refractivity contribution in [3.05, 3.63) is 35.9 Å². The van der Waals surface area contributed by atoms with Crippen LogP contribution in [0.5, 0.6) is 0 Å². The molecule has 1 heteroatoms. The molecule has 15 heavy (non-hydrogen) atoms.